The van der Waals surface area contributed by atoms with Crippen LogP contribution in [0.2, 0.25) is 0 Å². The lowest BCUT2D eigenvalue weighted by molar-refractivity contribution is -0.167. The SMILES string of the molecule is CCCCC/C=C/C/C=C/CCCCCCCCOC(=O)CCCCCC(=O)OCC(COC(=O)CCCCCC(=O)OC(CCCCCCCC)CCCCCCCC)OC(=O)CCCN(C)C. The highest BCUT2D eigenvalue weighted by Gasteiger charge is 2.20. The molecule has 0 aromatic carbocycles. The van der Waals surface area contributed by atoms with Crippen LogP contribution in [0.25, 0.3) is 0 Å². The summed E-state index contributed by atoms with van der Waals surface area (Å²) in [5.74, 6) is -1.68. The first-order valence-corrected chi connectivity index (χ1v) is 28.4. The third kappa shape index (κ3) is 49.6. The van der Waals surface area contributed by atoms with Crippen LogP contribution in [0.3, 0.4) is 0 Å². The lowest BCUT2D eigenvalue weighted by Crippen LogP contribution is -2.31. The van der Waals surface area contributed by atoms with Gasteiger partial charge in [0.1, 0.15) is 19.3 Å². The van der Waals surface area contributed by atoms with Crippen LogP contribution in [0.5, 0.6) is 0 Å². The molecule has 0 aromatic heterocycles. The number of nitrogens with zero attached hydrogens (tertiary/aromatic N) is 1. The molecule has 0 aliphatic carbocycles. The van der Waals surface area contributed by atoms with Gasteiger partial charge in [-0.3, -0.25) is 24.0 Å². The van der Waals surface area contributed by atoms with Gasteiger partial charge in [-0.15, -0.1) is 0 Å². The Morgan fingerprint density at radius 2 is 0.739 bits per heavy atom. The first-order valence-electron chi connectivity index (χ1n) is 28.4. The summed E-state index contributed by atoms with van der Waals surface area (Å²) in [6.45, 7) is 7.43. The fourth-order valence-electron chi connectivity index (χ4n) is 8.01. The molecule has 0 aliphatic rings. The molecule has 0 aromatic rings. The molecule has 0 N–H and O–H groups in total. The van der Waals surface area contributed by atoms with Crippen LogP contribution in [0.4, 0.5) is 0 Å². The second kappa shape index (κ2) is 51.2. The summed E-state index contributed by atoms with van der Waals surface area (Å²) in [7, 11) is 3.85. The van der Waals surface area contributed by atoms with Gasteiger partial charge in [0, 0.05) is 32.1 Å². The average Bonchev–Trinajstić information content (AvgIpc) is 3.32. The van der Waals surface area contributed by atoms with E-state index in [1.165, 1.54) is 109 Å². The molecule has 0 radical (unpaired) electrons. The molecule has 0 saturated heterocycles. The first-order chi connectivity index (χ1) is 33.6. The second-order valence-electron chi connectivity index (χ2n) is 19.5. The Labute approximate surface area is 422 Å². The van der Waals surface area contributed by atoms with E-state index in [-0.39, 0.29) is 50.5 Å². The van der Waals surface area contributed by atoms with E-state index in [9.17, 15) is 24.0 Å². The molecule has 0 amide bonds. The van der Waals surface area contributed by atoms with Crippen molar-refractivity contribution in [3.8, 4) is 0 Å². The molecule has 69 heavy (non-hydrogen) atoms. The summed E-state index contributed by atoms with van der Waals surface area (Å²) in [6.07, 6.45) is 44.2. The maximum Gasteiger partial charge on any atom is 0.306 e. The minimum absolute atomic E-state index is 0.0114. The van der Waals surface area contributed by atoms with E-state index in [1.807, 2.05) is 19.0 Å². The van der Waals surface area contributed by atoms with Crippen molar-refractivity contribution in [3.05, 3.63) is 24.3 Å². The number of allylic oxidation sites excluding steroid dienone is 4. The van der Waals surface area contributed by atoms with Gasteiger partial charge in [0.25, 0.3) is 0 Å². The largest absolute Gasteiger partial charge is 0.466 e. The van der Waals surface area contributed by atoms with Crippen molar-refractivity contribution >= 4 is 29.8 Å². The third-order valence-corrected chi connectivity index (χ3v) is 12.3. The van der Waals surface area contributed by atoms with Gasteiger partial charge in [-0.05, 0) is 117 Å². The molecule has 0 heterocycles. The van der Waals surface area contributed by atoms with Crippen LogP contribution in [0.15, 0.2) is 24.3 Å². The van der Waals surface area contributed by atoms with Crippen LogP contribution < -0.4 is 0 Å². The highest BCUT2D eigenvalue weighted by molar-refractivity contribution is 5.71. The lowest BCUT2D eigenvalue weighted by atomic mass is 10.0. The Hall–Kier alpha value is -3.21. The van der Waals surface area contributed by atoms with E-state index in [2.05, 4.69) is 45.1 Å². The molecular weight excluding hydrogens is 871 g/mol. The first kappa shape index (κ1) is 65.8. The van der Waals surface area contributed by atoms with Crippen molar-refractivity contribution < 1.29 is 47.7 Å². The predicted molar refractivity (Wildman–Crippen MR) is 282 cm³/mol. The topological polar surface area (TPSA) is 135 Å². The van der Waals surface area contributed by atoms with Crippen molar-refractivity contribution in [2.24, 2.45) is 0 Å². The van der Waals surface area contributed by atoms with Gasteiger partial charge < -0.3 is 28.6 Å². The Morgan fingerprint density at radius 3 is 1.23 bits per heavy atom. The van der Waals surface area contributed by atoms with Crippen molar-refractivity contribution in [1.29, 1.82) is 0 Å². The molecule has 0 spiro atoms. The second-order valence-corrected chi connectivity index (χ2v) is 19.5. The predicted octanol–water partition coefficient (Wildman–Crippen LogP) is 15.0. The Kier molecular flexibility index (Phi) is 48.8. The monoisotopic (exact) mass is 976 g/mol. The molecule has 11 heteroatoms. The number of ether oxygens (including phenoxy) is 5. The molecule has 11 nitrogen and oxygen atoms in total. The summed E-state index contributed by atoms with van der Waals surface area (Å²) in [5.41, 5.74) is 0. The molecule has 0 bridgehead atoms. The number of rotatable bonds is 51. The number of unbranched alkanes of at least 4 members (excludes halogenated alkanes) is 23. The van der Waals surface area contributed by atoms with E-state index < -0.39 is 24.0 Å². The Morgan fingerprint density at radius 1 is 0.377 bits per heavy atom. The summed E-state index contributed by atoms with van der Waals surface area (Å²) >= 11 is 0. The number of carbonyl (C=O) groups is 5. The number of carbonyl (C=O) groups excluding carboxylic acids is 5. The van der Waals surface area contributed by atoms with Crippen LogP contribution in [0.1, 0.15) is 265 Å². The van der Waals surface area contributed by atoms with Crippen LogP contribution in [-0.4, -0.2) is 87.4 Å². The zero-order valence-corrected chi connectivity index (χ0v) is 45.2. The molecular formula is C58H105NO10. The van der Waals surface area contributed by atoms with Gasteiger partial charge in [0.2, 0.25) is 0 Å². The fourth-order valence-corrected chi connectivity index (χ4v) is 8.01. The van der Waals surface area contributed by atoms with Crippen LogP contribution >= 0.6 is 0 Å². The molecule has 0 rings (SSSR count). The normalized spacial score (nSPS) is 12.0. The summed E-state index contributed by atoms with van der Waals surface area (Å²) < 4.78 is 27.9. The highest BCUT2D eigenvalue weighted by atomic mass is 16.6. The highest BCUT2D eigenvalue weighted by Crippen LogP contribution is 2.19. The fraction of sp³-hybridized carbons (Fsp3) is 0.845. The van der Waals surface area contributed by atoms with Gasteiger partial charge >= 0.3 is 29.8 Å². The maximum absolute atomic E-state index is 12.8. The molecule has 0 saturated carbocycles. The molecule has 0 aliphatic heterocycles. The zero-order chi connectivity index (χ0) is 50.7. The molecule has 1 atom stereocenters. The van der Waals surface area contributed by atoms with Crippen LogP contribution in [-0.2, 0) is 47.7 Å². The number of hydrogen-bond acceptors (Lipinski definition) is 11. The Bertz CT molecular complexity index is 1270. The lowest BCUT2D eigenvalue weighted by Gasteiger charge is -2.19. The van der Waals surface area contributed by atoms with Gasteiger partial charge in [0.05, 0.1) is 6.61 Å². The minimum Gasteiger partial charge on any atom is -0.466 e. The van der Waals surface area contributed by atoms with E-state index in [0.717, 1.165) is 64.3 Å². The summed E-state index contributed by atoms with van der Waals surface area (Å²) in [5, 5.41) is 0. The van der Waals surface area contributed by atoms with E-state index in [1.54, 1.807) is 0 Å². The number of hydrogen-bond donors (Lipinski definition) is 0. The van der Waals surface area contributed by atoms with Crippen LogP contribution in [0, 0.1) is 0 Å². The smallest absolute Gasteiger partial charge is 0.306 e. The molecule has 1 unspecified atom stereocenters. The van der Waals surface area contributed by atoms with Gasteiger partial charge in [0.15, 0.2) is 6.10 Å². The third-order valence-electron chi connectivity index (χ3n) is 12.3. The summed E-state index contributed by atoms with van der Waals surface area (Å²) in [4.78, 5) is 64.8. The Balaban J connectivity index is 4.41. The van der Waals surface area contributed by atoms with Crippen molar-refractivity contribution in [1.82, 2.24) is 4.90 Å². The quantitative estimate of drug-likeness (QED) is 0.0249. The standard InChI is InChI=1S/C58H105NO10/c1-6-9-12-15-18-19-20-21-22-23-24-25-26-27-30-39-49-65-54(60)43-35-31-36-44-55(61)66-50-53(69-58(64)47-40-48-59(4)5)51-67-56(62)45-37-32-38-46-57(63)68-52(41-33-28-16-13-10-7-2)42-34-29-17-14-11-8-3/h18-19,21-22,52-53H,6-17,20,23-51H2,1-5H3/b19-18+,22-21+. The van der Waals surface area contributed by atoms with Gasteiger partial charge in [-0.25, -0.2) is 0 Å². The van der Waals surface area contributed by atoms with Crippen molar-refractivity contribution in [2.75, 3.05) is 40.5 Å². The van der Waals surface area contributed by atoms with Gasteiger partial charge in [-0.1, -0.05) is 161 Å². The van der Waals surface area contributed by atoms with E-state index >= 15 is 0 Å². The van der Waals surface area contributed by atoms with Gasteiger partial charge in [-0.2, -0.15) is 0 Å². The van der Waals surface area contributed by atoms with Crippen molar-refractivity contribution in [3.63, 3.8) is 0 Å². The number of esters is 5. The maximum atomic E-state index is 12.8. The van der Waals surface area contributed by atoms with Crippen molar-refractivity contribution in [2.45, 2.75) is 277 Å². The van der Waals surface area contributed by atoms with E-state index in [0.29, 0.717) is 64.4 Å². The average molecular weight is 976 g/mol. The zero-order valence-electron chi connectivity index (χ0n) is 45.2. The molecule has 0 fully saturated rings. The summed E-state index contributed by atoms with van der Waals surface area (Å²) in [6, 6.07) is 0. The van der Waals surface area contributed by atoms with E-state index in [4.69, 9.17) is 23.7 Å². The molecule has 402 valence electrons. The minimum atomic E-state index is -0.917.